The van der Waals surface area contributed by atoms with Gasteiger partial charge in [0.05, 0.1) is 16.9 Å². The fourth-order valence-electron chi connectivity index (χ4n) is 4.57. The summed E-state index contributed by atoms with van der Waals surface area (Å²) in [6.45, 7) is 2.48. The van der Waals surface area contributed by atoms with Crippen LogP contribution in [-0.2, 0) is 27.7 Å². The van der Waals surface area contributed by atoms with Crippen LogP contribution in [0.5, 0.6) is 0 Å². The van der Waals surface area contributed by atoms with Crippen LogP contribution in [0.15, 0.2) is 47.4 Å². The minimum absolute atomic E-state index is 0.0531. The molecule has 0 spiro atoms. The molecule has 0 radical (unpaired) electrons. The van der Waals surface area contributed by atoms with E-state index >= 15 is 0 Å². The van der Waals surface area contributed by atoms with E-state index in [1.165, 1.54) is 40.4 Å². The van der Waals surface area contributed by atoms with Crippen LogP contribution in [-0.4, -0.2) is 31.7 Å². The number of aryl methyl sites for hydroxylation is 2. The molecule has 2 aromatic rings. The first kappa shape index (κ1) is 22.0. The summed E-state index contributed by atoms with van der Waals surface area (Å²) in [5, 5.41) is 3.08. The zero-order valence-corrected chi connectivity index (χ0v) is 18.6. The van der Waals surface area contributed by atoms with E-state index < -0.39 is 21.8 Å². The van der Waals surface area contributed by atoms with Crippen molar-refractivity contribution < 1.29 is 17.6 Å². The predicted octanol–water partition coefficient (Wildman–Crippen LogP) is 3.98. The lowest BCUT2D eigenvalue weighted by atomic mass is 9.89. The maximum Gasteiger partial charge on any atom is 0.243 e. The number of benzene rings is 2. The average Bonchev–Trinajstić information content (AvgIpc) is 2.79. The SMILES string of the molecule is C[C@@H](NC(=O)[C@H]1CCCN(S(=O)(=O)c2ccc(F)cc2)C1)c1ccc2c(c1)CCCC2. The molecule has 31 heavy (non-hydrogen) atoms. The molecule has 7 heteroatoms. The summed E-state index contributed by atoms with van der Waals surface area (Å²) >= 11 is 0. The van der Waals surface area contributed by atoms with Gasteiger partial charge in [-0.1, -0.05) is 18.2 Å². The van der Waals surface area contributed by atoms with Gasteiger partial charge in [-0.2, -0.15) is 4.31 Å². The van der Waals surface area contributed by atoms with Crippen LogP contribution in [0.3, 0.4) is 0 Å². The number of piperidine rings is 1. The van der Waals surface area contributed by atoms with Gasteiger partial charge in [0, 0.05) is 13.1 Å². The van der Waals surface area contributed by atoms with Crippen molar-refractivity contribution >= 4 is 15.9 Å². The molecule has 0 unspecified atom stereocenters. The highest BCUT2D eigenvalue weighted by molar-refractivity contribution is 7.89. The van der Waals surface area contributed by atoms with Crippen LogP contribution < -0.4 is 5.32 Å². The molecule has 2 aromatic carbocycles. The third kappa shape index (κ3) is 4.83. The number of nitrogens with zero attached hydrogens (tertiary/aromatic N) is 1. The number of sulfonamides is 1. The minimum Gasteiger partial charge on any atom is -0.349 e. The molecule has 4 rings (SSSR count). The van der Waals surface area contributed by atoms with Crippen LogP contribution >= 0.6 is 0 Å². The summed E-state index contributed by atoms with van der Waals surface area (Å²) in [7, 11) is -3.75. The normalized spacial score (nSPS) is 20.6. The monoisotopic (exact) mass is 444 g/mol. The van der Waals surface area contributed by atoms with Crippen molar-refractivity contribution in [2.75, 3.05) is 13.1 Å². The van der Waals surface area contributed by atoms with Crippen molar-refractivity contribution in [3.63, 3.8) is 0 Å². The Morgan fingerprint density at radius 1 is 1.06 bits per heavy atom. The molecular weight excluding hydrogens is 415 g/mol. The molecule has 1 heterocycles. The molecule has 1 amide bonds. The van der Waals surface area contributed by atoms with Crippen molar-refractivity contribution in [1.29, 1.82) is 0 Å². The Kier molecular flexibility index (Phi) is 6.44. The molecule has 0 aromatic heterocycles. The number of fused-ring (bicyclic) bond motifs is 1. The fourth-order valence-corrected chi connectivity index (χ4v) is 6.09. The second-order valence-electron chi connectivity index (χ2n) is 8.62. The molecule has 166 valence electrons. The highest BCUT2D eigenvalue weighted by Gasteiger charge is 2.33. The lowest BCUT2D eigenvalue weighted by molar-refractivity contribution is -0.126. The Labute approximate surface area is 183 Å². The summed E-state index contributed by atoms with van der Waals surface area (Å²) in [6, 6.07) is 11.1. The van der Waals surface area contributed by atoms with E-state index in [0.29, 0.717) is 19.4 Å². The van der Waals surface area contributed by atoms with Crippen LogP contribution in [0.4, 0.5) is 4.39 Å². The van der Waals surface area contributed by atoms with E-state index in [-0.39, 0.29) is 23.4 Å². The molecule has 1 saturated heterocycles. The number of amides is 1. The molecule has 1 aliphatic heterocycles. The highest BCUT2D eigenvalue weighted by atomic mass is 32.2. The van der Waals surface area contributed by atoms with E-state index in [0.717, 1.165) is 30.5 Å². The first-order valence-corrected chi connectivity index (χ1v) is 12.5. The van der Waals surface area contributed by atoms with Crippen LogP contribution in [0.25, 0.3) is 0 Å². The molecule has 2 atom stereocenters. The van der Waals surface area contributed by atoms with Crippen molar-refractivity contribution in [1.82, 2.24) is 9.62 Å². The number of carbonyl (C=O) groups is 1. The van der Waals surface area contributed by atoms with Gasteiger partial charge in [0.1, 0.15) is 5.82 Å². The first-order chi connectivity index (χ1) is 14.8. The second kappa shape index (κ2) is 9.09. The smallest absolute Gasteiger partial charge is 0.243 e. The van der Waals surface area contributed by atoms with E-state index in [1.54, 1.807) is 0 Å². The summed E-state index contributed by atoms with van der Waals surface area (Å²) in [5.74, 6) is -1.00. The van der Waals surface area contributed by atoms with Crippen LogP contribution in [0.2, 0.25) is 0 Å². The van der Waals surface area contributed by atoms with E-state index in [9.17, 15) is 17.6 Å². The van der Waals surface area contributed by atoms with Crippen molar-refractivity contribution in [2.24, 2.45) is 5.92 Å². The molecule has 0 saturated carbocycles. The summed E-state index contributed by atoms with van der Waals surface area (Å²) in [5.41, 5.74) is 3.86. The second-order valence-corrected chi connectivity index (χ2v) is 10.6. The Morgan fingerprint density at radius 2 is 1.77 bits per heavy atom. The Morgan fingerprint density at radius 3 is 2.52 bits per heavy atom. The number of hydrogen-bond donors (Lipinski definition) is 1. The summed E-state index contributed by atoms with van der Waals surface area (Å²) in [4.78, 5) is 13.0. The quantitative estimate of drug-likeness (QED) is 0.759. The van der Waals surface area contributed by atoms with E-state index in [4.69, 9.17) is 0 Å². The number of nitrogens with one attached hydrogen (secondary N) is 1. The van der Waals surface area contributed by atoms with Crippen LogP contribution in [0, 0.1) is 11.7 Å². The average molecular weight is 445 g/mol. The standard InChI is InChI=1S/C24H29FN2O3S/c1-17(19-9-8-18-5-2-3-6-20(18)15-19)26-24(28)21-7-4-14-27(16-21)31(29,30)23-12-10-22(25)11-13-23/h8-13,15,17,21H,2-7,14,16H2,1H3,(H,26,28)/t17-,21+/m1/s1. The number of halogens is 1. The van der Waals surface area contributed by atoms with Crippen molar-refractivity contribution in [2.45, 2.75) is 56.4 Å². The zero-order valence-electron chi connectivity index (χ0n) is 17.8. The molecule has 1 N–H and O–H groups in total. The largest absolute Gasteiger partial charge is 0.349 e. The molecular formula is C24H29FN2O3S. The third-order valence-electron chi connectivity index (χ3n) is 6.44. The zero-order chi connectivity index (χ0) is 22.0. The maximum absolute atomic E-state index is 13.2. The Hall–Kier alpha value is -2.25. The third-order valence-corrected chi connectivity index (χ3v) is 8.32. The van der Waals surface area contributed by atoms with Gasteiger partial charge in [0.25, 0.3) is 0 Å². The van der Waals surface area contributed by atoms with Gasteiger partial charge in [-0.3, -0.25) is 4.79 Å². The van der Waals surface area contributed by atoms with Gasteiger partial charge in [-0.25, -0.2) is 12.8 Å². The van der Waals surface area contributed by atoms with Gasteiger partial charge in [0.2, 0.25) is 15.9 Å². The van der Waals surface area contributed by atoms with Gasteiger partial charge in [0.15, 0.2) is 0 Å². The predicted molar refractivity (Wildman–Crippen MR) is 118 cm³/mol. The molecule has 2 aliphatic rings. The molecule has 1 aliphatic carbocycles. The Balaban J connectivity index is 1.42. The lowest BCUT2D eigenvalue weighted by Gasteiger charge is -2.32. The molecule has 5 nitrogen and oxygen atoms in total. The van der Waals surface area contributed by atoms with Gasteiger partial charge < -0.3 is 5.32 Å². The maximum atomic E-state index is 13.2. The number of carbonyl (C=O) groups excluding carboxylic acids is 1. The fraction of sp³-hybridized carbons (Fsp3) is 0.458. The van der Waals surface area contributed by atoms with Gasteiger partial charge in [-0.05, 0) is 86.4 Å². The topological polar surface area (TPSA) is 66.5 Å². The summed E-state index contributed by atoms with van der Waals surface area (Å²) < 4.78 is 40.4. The first-order valence-electron chi connectivity index (χ1n) is 11.0. The van der Waals surface area contributed by atoms with Gasteiger partial charge in [-0.15, -0.1) is 0 Å². The van der Waals surface area contributed by atoms with Crippen molar-refractivity contribution in [3.8, 4) is 0 Å². The number of hydrogen-bond acceptors (Lipinski definition) is 3. The summed E-state index contributed by atoms with van der Waals surface area (Å²) in [6.07, 6.45) is 5.92. The lowest BCUT2D eigenvalue weighted by Crippen LogP contribution is -2.45. The molecule has 0 bridgehead atoms. The van der Waals surface area contributed by atoms with Gasteiger partial charge >= 0.3 is 0 Å². The van der Waals surface area contributed by atoms with E-state index in [2.05, 4.69) is 23.5 Å². The van der Waals surface area contributed by atoms with E-state index in [1.807, 2.05) is 6.92 Å². The van der Waals surface area contributed by atoms with Crippen LogP contribution in [0.1, 0.15) is 55.3 Å². The molecule has 1 fully saturated rings. The minimum atomic E-state index is -3.75. The Bertz CT molecular complexity index is 1050. The van der Waals surface area contributed by atoms with Crippen molar-refractivity contribution in [3.05, 3.63) is 65.0 Å². The number of rotatable bonds is 5. The highest BCUT2D eigenvalue weighted by Crippen LogP contribution is 2.27.